The number of nitrogens with zero attached hydrogens (tertiary/aromatic N) is 4. The van der Waals surface area contributed by atoms with Gasteiger partial charge in [0.15, 0.2) is 0 Å². The molecule has 96 valence electrons. The molecular formula is C12H16N4O2. The van der Waals surface area contributed by atoms with Crippen LogP contribution in [0.1, 0.15) is 42.8 Å². The molecule has 0 aromatic carbocycles. The van der Waals surface area contributed by atoms with Gasteiger partial charge in [0, 0.05) is 11.4 Å². The molecule has 0 amide bonds. The number of esters is 1. The van der Waals surface area contributed by atoms with Gasteiger partial charge < -0.3 is 4.74 Å². The molecule has 18 heavy (non-hydrogen) atoms. The summed E-state index contributed by atoms with van der Waals surface area (Å²) in [7, 11) is 0. The Kier molecular flexibility index (Phi) is 2.80. The highest BCUT2D eigenvalue weighted by Gasteiger charge is 2.22. The molecule has 0 aliphatic rings. The molecule has 0 atom stereocenters. The number of rotatable bonds is 1. The number of ether oxygens (including phenoxy) is 1. The summed E-state index contributed by atoms with van der Waals surface area (Å²) in [6.45, 7) is 9.15. The van der Waals surface area contributed by atoms with Gasteiger partial charge in [-0.3, -0.25) is 0 Å². The number of aromatic nitrogens is 4. The van der Waals surface area contributed by atoms with E-state index in [1.165, 1.54) is 4.52 Å². The average Bonchev–Trinajstić information content (AvgIpc) is 2.58. The Hall–Kier alpha value is -1.98. The maximum atomic E-state index is 11.8. The van der Waals surface area contributed by atoms with E-state index in [-0.39, 0.29) is 5.82 Å². The van der Waals surface area contributed by atoms with Crippen LogP contribution in [0.5, 0.6) is 0 Å². The third-order valence-electron chi connectivity index (χ3n) is 2.20. The minimum absolute atomic E-state index is 0.0334. The molecular weight excluding hydrogens is 232 g/mol. The van der Waals surface area contributed by atoms with E-state index in [4.69, 9.17) is 4.74 Å². The topological polar surface area (TPSA) is 69.4 Å². The standard InChI is InChI=1S/C12H16N4O2/c1-7-6-8(2)16-11(13-7)14-9(15-16)10(17)18-12(3,4)5/h6H,1-5H3. The van der Waals surface area contributed by atoms with Crippen LogP contribution < -0.4 is 0 Å². The largest absolute Gasteiger partial charge is 0.454 e. The highest BCUT2D eigenvalue weighted by Crippen LogP contribution is 2.11. The van der Waals surface area contributed by atoms with Crippen LogP contribution in [-0.2, 0) is 4.74 Å². The van der Waals surface area contributed by atoms with Gasteiger partial charge in [0.05, 0.1) is 0 Å². The number of hydrogen-bond donors (Lipinski definition) is 0. The van der Waals surface area contributed by atoms with Gasteiger partial charge in [-0.1, -0.05) is 0 Å². The Morgan fingerprint density at radius 2 is 1.94 bits per heavy atom. The fraction of sp³-hybridized carbons (Fsp3) is 0.500. The first-order chi connectivity index (χ1) is 8.26. The van der Waals surface area contributed by atoms with Crippen molar-refractivity contribution in [3.8, 4) is 0 Å². The quantitative estimate of drug-likeness (QED) is 0.718. The molecule has 0 fully saturated rings. The molecule has 0 spiro atoms. The summed E-state index contributed by atoms with van der Waals surface area (Å²) in [5.41, 5.74) is 1.15. The molecule has 2 heterocycles. The summed E-state index contributed by atoms with van der Waals surface area (Å²) < 4.78 is 6.75. The van der Waals surface area contributed by atoms with E-state index >= 15 is 0 Å². The molecule has 0 radical (unpaired) electrons. The zero-order valence-corrected chi connectivity index (χ0v) is 11.2. The number of carbonyl (C=O) groups is 1. The first kappa shape index (κ1) is 12.5. The second kappa shape index (κ2) is 4.04. The van der Waals surface area contributed by atoms with Gasteiger partial charge in [0.25, 0.3) is 11.6 Å². The third kappa shape index (κ3) is 2.47. The monoisotopic (exact) mass is 248 g/mol. The molecule has 0 aliphatic carbocycles. The van der Waals surface area contributed by atoms with E-state index in [1.54, 1.807) is 20.8 Å². The van der Waals surface area contributed by atoms with Gasteiger partial charge in [0.1, 0.15) is 5.60 Å². The van der Waals surface area contributed by atoms with Crippen molar-refractivity contribution < 1.29 is 9.53 Å². The Balaban J connectivity index is 2.42. The van der Waals surface area contributed by atoms with Crippen LogP contribution in [-0.4, -0.2) is 31.2 Å². The van der Waals surface area contributed by atoms with E-state index in [9.17, 15) is 4.79 Å². The first-order valence-electron chi connectivity index (χ1n) is 5.70. The number of aryl methyl sites for hydroxylation is 2. The van der Waals surface area contributed by atoms with Crippen molar-refractivity contribution in [3.63, 3.8) is 0 Å². The molecule has 2 aromatic heterocycles. The Morgan fingerprint density at radius 1 is 1.28 bits per heavy atom. The van der Waals surface area contributed by atoms with E-state index < -0.39 is 11.6 Å². The molecule has 0 bridgehead atoms. The number of carbonyl (C=O) groups excluding carboxylic acids is 1. The molecule has 6 nitrogen and oxygen atoms in total. The highest BCUT2D eigenvalue weighted by molar-refractivity contribution is 5.85. The summed E-state index contributed by atoms with van der Waals surface area (Å²) >= 11 is 0. The van der Waals surface area contributed by atoms with Crippen molar-refractivity contribution in [3.05, 3.63) is 23.3 Å². The SMILES string of the molecule is Cc1cc(C)n2nc(C(=O)OC(C)(C)C)nc2n1. The van der Waals surface area contributed by atoms with Crippen LogP contribution >= 0.6 is 0 Å². The second-order valence-corrected chi connectivity index (χ2v) is 5.19. The number of fused-ring (bicyclic) bond motifs is 1. The van der Waals surface area contributed by atoms with Crippen LogP contribution in [0.25, 0.3) is 5.78 Å². The van der Waals surface area contributed by atoms with Crippen molar-refractivity contribution in [1.29, 1.82) is 0 Å². The van der Waals surface area contributed by atoms with Crippen molar-refractivity contribution in [2.45, 2.75) is 40.2 Å². The van der Waals surface area contributed by atoms with Crippen LogP contribution in [0.4, 0.5) is 0 Å². The maximum Gasteiger partial charge on any atom is 0.378 e. The van der Waals surface area contributed by atoms with E-state index in [0.29, 0.717) is 5.78 Å². The predicted molar refractivity (Wildman–Crippen MR) is 65.4 cm³/mol. The lowest BCUT2D eigenvalue weighted by molar-refractivity contribution is 0.00560. The zero-order valence-electron chi connectivity index (χ0n) is 11.2. The fourth-order valence-electron chi connectivity index (χ4n) is 1.58. The lowest BCUT2D eigenvalue weighted by Gasteiger charge is -2.17. The van der Waals surface area contributed by atoms with Crippen molar-refractivity contribution in [1.82, 2.24) is 19.6 Å². The van der Waals surface area contributed by atoms with Crippen LogP contribution in [0, 0.1) is 13.8 Å². The maximum absolute atomic E-state index is 11.8. The Bertz CT molecular complexity index is 610. The molecule has 0 unspecified atom stereocenters. The van der Waals surface area contributed by atoms with Gasteiger partial charge >= 0.3 is 5.97 Å². The summed E-state index contributed by atoms with van der Waals surface area (Å²) in [5.74, 6) is -0.0930. The van der Waals surface area contributed by atoms with E-state index in [0.717, 1.165) is 11.4 Å². The molecule has 0 saturated carbocycles. The van der Waals surface area contributed by atoms with Gasteiger partial charge in [-0.05, 0) is 40.7 Å². The molecule has 2 rings (SSSR count). The van der Waals surface area contributed by atoms with Crippen LogP contribution in [0.15, 0.2) is 6.07 Å². The summed E-state index contributed by atoms with van der Waals surface area (Å²) in [6, 6.07) is 1.88. The van der Waals surface area contributed by atoms with Crippen molar-refractivity contribution in [2.75, 3.05) is 0 Å². The highest BCUT2D eigenvalue weighted by atomic mass is 16.6. The third-order valence-corrected chi connectivity index (χ3v) is 2.20. The predicted octanol–water partition coefficient (Wildman–Crippen LogP) is 1.70. The van der Waals surface area contributed by atoms with E-state index in [1.807, 2.05) is 19.9 Å². The lowest BCUT2D eigenvalue weighted by Crippen LogP contribution is -2.24. The van der Waals surface area contributed by atoms with Crippen LogP contribution in [0.3, 0.4) is 0 Å². The molecule has 2 aromatic rings. The molecule has 0 N–H and O–H groups in total. The van der Waals surface area contributed by atoms with Gasteiger partial charge in [-0.15, -0.1) is 5.10 Å². The summed E-state index contributed by atoms with van der Waals surface area (Å²) in [6.07, 6.45) is 0. The van der Waals surface area contributed by atoms with Gasteiger partial charge in [-0.25, -0.2) is 14.3 Å². The fourth-order valence-corrected chi connectivity index (χ4v) is 1.58. The van der Waals surface area contributed by atoms with Gasteiger partial charge in [0.2, 0.25) is 0 Å². The average molecular weight is 248 g/mol. The first-order valence-corrected chi connectivity index (χ1v) is 5.70. The molecule has 0 saturated heterocycles. The summed E-state index contributed by atoms with van der Waals surface area (Å²) in [4.78, 5) is 20.1. The van der Waals surface area contributed by atoms with Crippen molar-refractivity contribution in [2.24, 2.45) is 0 Å². The zero-order chi connectivity index (χ0) is 13.5. The van der Waals surface area contributed by atoms with Crippen LogP contribution in [0.2, 0.25) is 0 Å². The number of hydrogen-bond acceptors (Lipinski definition) is 5. The van der Waals surface area contributed by atoms with Crippen molar-refractivity contribution >= 4 is 11.7 Å². The Labute approximate surface area is 105 Å². The Morgan fingerprint density at radius 3 is 2.56 bits per heavy atom. The molecule has 0 aliphatic heterocycles. The van der Waals surface area contributed by atoms with E-state index in [2.05, 4.69) is 15.1 Å². The molecule has 6 heteroatoms. The minimum Gasteiger partial charge on any atom is -0.454 e. The second-order valence-electron chi connectivity index (χ2n) is 5.19. The van der Waals surface area contributed by atoms with Gasteiger partial charge in [-0.2, -0.15) is 4.98 Å². The normalized spacial score (nSPS) is 11.8. The smallest absolute Gasteiger partial charge is 0.378 e. The lowest BCUT2D eigenvalue weighted by atomic mass is 10.2. The summed E-state index contributed by atoms with van der Waals surface area (Å²) in [5, 5.41) is 4.11. The minimum atomic E-state index is -0.563.